The molecule has 0 aromatic heterocycles. The van der Waals surface area contributed by atoms with E-state index < -0.39 is 17.3 Å². The van der Waals surface area contributed by atoms with Crippen molar-refractivity contribution in [1.82, 2.24) is 0 Å². The largest absolute Gasteiger partial charge is 0.475 e. The lowest BCUT2D eigenvalue weighted by molar-refractivity contribution is -0.130. The predicted molar refractivity (Wildman–Crippen MR) is 50.3 cm³/mol. The smallest absolute Gasteiger partial charge is 0.261 e. The highest BCUT2D eigenvalue weighted by Crippen LogP contribution is 2.21. The highest BCUT2D eigenvalue weighted by Gasteiger charge is 2.27. The van der Waals surface area contributed by atoms with E-state index in [9.17, 15) is 9.18 Å². The van der Waals surface area contributed by atoms with Gasteiger partial charge in [-0.2, -0.15) is 0 Å². The van der Waals surface area contributed by atoms with E-state index in [-0.39, 0.29) is 5.75 Å². The average Bonchev–Trinajstić information content (AvgIpc) is 2.08. The maximum atomic E-state index is 13.1. The molecule has 0 aliphatic rings. The van der Waals surface area contributed by atoms with Crippen LogP contribution in [-0.4, -0.2) is 11.5 Å². The minimum atomic E-state index is -1.21. The molecule has 2 N–H and O–H groups in total. The molecule has 0 atom stereocenters. The zero-order valence-electron chi connectivity index (χ0n) is 8.08. The van der Waals surface area contributed by atoms with Crippen LogP contribution in [-0.2, 0) is 4.79 Å². The number of rotatable bonds is 3. The molecule has 1 rings (SSSR count). The van der Waals surface area contributed by atoms with Crippen LogP contribution in [0.25, 0.3) is 0 Å². The van der Waals surface area contributed by atoms with Crippen LogP contribution in [0.1, 0.15) is 13.8 Å². The molecule has 1 aromatic carbocycles. The molecule has 0 heterocycles. The Morgan fingerprint density at radius 1 is 1.43 bits per heavy atom. The Morgan fingerprint density at radius 2 is 2.00 bits per heavy atom. The van der Waals surface area contributed by atoms with Crippen LogP contribution in [0.3, 0.4) is 0 Å². The van der Waals surface area contributed by atoms with Crippen molar-refractivity contribution in [3.63, 3.8) is 0 Å². The first kappa shape index (κ1) is 10.5. The van der Waals surface area contributed by atoms with Gasteiger partial charge in [0.05, 0.1) is 0 Å². The second-order valence-corrected chi connectivity index (χ2v) is 3.41. The van der Waals surface area contributed by atoms with Crippen LogP contribution in [0.2, 0.25) is 0 Å². The fraction of sp³-hybridized carbons (Fsp3) is 0.300. The Kier molecular flexibility index (Phi) is 2.74. The first-order chi connectivity index (χ1) is 6.43. The van der Waals surface area contributed by atoms with Gasteiger partial charge in [-0.05, 0) is 26.0 Å². The number of hydrogen-bond donors (Lipinski definition) is 1. The lowest BCUT2D eigenvalue weighted by Crippen LogP contribution is -2.43. The summed E-state index contributed by atoms with van der Waals surface area (Å²) in [6, 6.07) is 5.86. The standard InChI is InChI=1S/C10H12FNO2/c1-10(2,9(12)13)14-8-6-4-3-5-7(8)11/h3-6H,1-2H3,(H2,12,13). The molecule has 0 spiro atoms. The molecular formula is C10H12FNO2. The fourth-order valence-corrected chi connectivity index (χ4v) is 0.853. The van der Waals surface area contributed by atoms with Crippen molar-refractivity contribution in [2.45, 2.75) is 19.4 Å². The summed E-state index contributed by atoms with van der Waals surface area (Å²) in [6.45, 7) is 2.98. The van der Waals surface area contributed by atoms with E-state index in [0.29, 0.717) is 0 Å². The number of para-hydroxylation sites is 1. The van der Waals surface area contributed by atoms with Gasteiger partial charge in [0.1, 0.15) is 0 Å². The summed E-state index contributed by atoms with van der Waals surface area (Å²) in [4.78, 5) is 10.9. The molecular weight excluding hydrogens is 185 g/mol. The van der Waals surface area contributed by atoms with Crippen molar-refractivity contribution >= 4 is 5.91 Å². The first-order valence-corrected chi connectivity index (χ1v) is 4.17. The Morgan fingerprint density at radius 3 is 2.50 bits per heavy atom. The van der Waals surface area contributed by atoms with Crippen molar-refractivity contribution in [2.24, 2.45) is 5.73 Å². The van der Waals surface area contributed by atoms with Crippen LogP contribution in [0, 0.1) is 5.82 Å². The van der Waals surface area contributed by atoms with Crippen LogP contribution in [0.4, 0.5) is 4.39 Å². The number of halogens is 1. The fourth-order valence-electron chi connectivity index (χ4n) is 0.853. The van der Waals surface area contributed by atoms with Crippen LogP contribution in [0.5, 0.6) is 5.75 Å². The van der Waals surface area contributed by atoms with E-state index >= 15 is 0 Å². The van der Waals surface area contributed by atoms with E-state index in [1.807, 2.05) is 0 Å². The van der Waals surface area contributed by atoms with Gasteiger partial charge in [0, 0.05) is 0 Å². The van der Waals surface area contributed by atoms with Gasteiger partial charge < -0.3 is 10.5 Å². The van der Waals surface area contributed by atoms with E-state index in [1.54, 1.807) is 12.1 Å². The van der Waals surface area contributed by atoms with E-state index in [1.165, 1.54) is 26.0 Å². The molecule has 0 aliphatic heterocycles. The van der Waals surface area contributed by atoms with Crippen molar-refractivity contribution in [1.29, 1.82) is 0 Å². The zero-order valence-corrected chi connectivity index (χ0v) is 8.08. The normalized spacial score (nSPS) is 11.1. The third-order valence-corrected chi connectivity index (χ3v) is 1.80. The molecule has 0 unspecified atom stereocenters. The van der Waals surface area contributed by atoms with Crippen molar-refractivity contribution in [2.75, 3.05) is 0 Å². The minimum absolute atomic E-state index is 0.0244. The highest BCUT2D eigenvalue weighted by atomic mass is 19.1. The zero-order chi connectivity index (χ0) is 10.8. The van der Waals surface area contributed by atoms with E-state index in [0.717, 1.165) is 0 Å². The number of hydrogen-bond acceptors (Lipinski definition) is 2. The second kappa shape index (κ2) is 3.65. The Labute approximate surface area is 81.7 Å². The second-order valence-electron chi connectivity index (χ2n) is 3.41. The number of carbonyl (C=O) groups excluding carboxylic acids is 1. The molecule has 0 radical (unpaired) electrons. The van der Waals surface area contributed by atoms with Gasteiger partial charge in [-0.3, -0.25) is 4.79 Å². The van der Waals surface area contributed by atoms with Crippen molar-refractivity contribution in [3.05, 3.63) is 30.1 Å². The molecule has 0 saturated heterocycles. The van der Waals surface area contributed by atoms with E-state index in [2.05, 4.69) is 0 Å². The molecule has 0 saturated carbocycles. The number of benzene rings is 1. The predicted octanol–water partition coefficient (Wildman–Crippen LogP) is 1.47. The summed E-state index contributed by atoms with van der Waals surface area (Å²) in [7, 11) is 0. The van der Waals surface area contributed by atoms with Gasteiger partial charge in [-0.1, -0.05) is 12.1 Å². The third kappa shape index (κ3) is 2.22. The van der Waals surface area contributed by atoms with Crippen molar-refractivity contribution < 1.29 is 13.9 Å². The Bertz CT molecular complexity index is 350. The van der Waals surface area contributed by atoms with Gasteiger partial charge in [-0.15, -0.1) is 0 Å². The number of nitrogens with two attached hydrogens (primary N) is 1. The van der Waals surface area contributed by atoms with Gasteiger partial charge in [0.2, 0.25) is 0 Å². The quantitative estimate of drug-likeness (QED) is 0.797. The maximum Gasteiger partial charge on any atom is 0.261 e. The van der Waals surface area contributed by atoms with Crippen molar-refractivity contribution in [3.8, 4) is 5.75 Å². The molecule has 4 heteroatoms. The average molecular weight is 197 g/mol. The molecule has 0 bridgehead atoms. The van der Waals surface area contributed by atoms with Gasteiger partial charge in [0.25, 0.3) is 5.91 Å². The third-order valence-electron chi connectivity index (χ3n) is 1.80. The topological polar surface area (TPSA) is 52.3 Å². The van der Waals surface area contributed by atoms with Crippen LogP contribution < -0.4 is 10.5 Å². The molecule has 1 aromatic rings. The van der Waals surface area contributed by atoms with Crippen LogP contribution >= 0.6 is 0 Å². The summed E-state index contributed by atoms with van der Waals surface area (Å²) in [5, 5.41) is 0. The van der Waals surface area contributed by atoms with Gasteiger partial charge in [0.15, 0.2) is 17.2 Å². The summed E-state index contributed by atoms with van der Waals surface area (Å²) in [6.07, 6.45) is 0. The SMILES string of the molecule is CC(C)(Oc1ccccc1F)C(N)=O. The molecule has 14 heavy (non-hydrogen) atoms. The van der Waals surface area contributed by atoms with Crippen LogP contribution in [0.15, 0.2) is 24.3 Å². The monoisotopic (exact) mass is 197 g/mol. The summed E-state index contributed by atoms with van der Waals surface area (Å²) in [5.74, 6) is -1.13. The first-order valence-electron chi connectivity index (χ1n) is 4.17. The highest BCUT2D eigenvalue weighted by molar-refractivity contribution is 5.82. The van der Waals surface area contributed by atoms with Gasteiger partial charge in [-0.25, -0.2) is 4.39 Å². The Balaban J connectivity index is 2.89. The summed E-state index contributed by atoms with van der Waals surface area (Å²) >= 11 is 0. The lowest BCUT2D eigenvalue weighted by atomic mass is 10.1. The molecule has 76 valence electrons. The summed E-state index contributed by atoms with van der Waals surface area (Å²) < 4.78 is 18.3. The van der Waals surface area contributed by atoms with Gasteiger partial charge >= 0.3 is 0 Å². The molecule has 1 amide bonds. The number of ether oxygens (including phenoxy) is 1. The number of amides is 1. The summed E-state index contributed by atoms with van der Waals surface area (Å²) in [5.41, 5.74) is 3.88. The number of primary amides is 1. The number of carbonyl (C=O) groups is 1. The Hall–Kier alpha value is -1.58. The molecule has 0 fully saturated rings. The lowest BCUT2D eigenvalue weighted by Gasteiger charge is -2.22. The molecule has 0 aliphatic carbocycles. The van der Waals surface area contributed by atoms with E-state index in [4.69, 9.17) is 10.5 Å². The molecule has 3 nitrogen and oxygen atoms in total. The maximum absolute atomic E-state index is 13.1. The minimum Gasteiger partial charge on any atom is -0.475 e.